The fraction of sp³-hybridized carbons (Fsp3) is 0.440. The highest BCUT2D eigenvalue weighted by atomic mass is 35.5. The molecule has 2 aliphatic rings. The van der Waals surface area contributed by atoms with Gasteiger partial charge in [-0.2, -0.15) is 5.10 Å². The van der Waals surface area contributed by atoms with Gasteiger partial charge >= 0.3 is 0 Å². The van der Waals surface area contributed by atoms with E-state index in [0.717, 1.165) is 17.0 Å². The lowest BCUT2D eigenvalue weighted by Crippen LogP contribution is -2.50. The molecule has 0 spiro atoms. The second-order valence-electron chi connectivity index (χ2n) is 9.63. The van der Waals surface area contributed by atoms with E-state index in [-0.39, 0.29) is 35.6 Å². The van der Waals surface area contributed by atoms with Crippen LogP contribution in [0, 0.1) is 25.6 Å². The van der Waals surface area contributed by atoms with E-state index in [4.69, 9.17) is 16.3 Å². The summed E-state index contributed by atoms with van der Waals surface area (Å²) in [6.45, 7) is 8.07. The summed E-state index contributed by atoms with van der Waals surface area (Å²) in [6.07, 6.45) is 1.03. The predicted octanol–water partition coefficient (Wildman–Crippen LogP) is 3.98. The van der Waals surface area contributed by atoms with Crippen molar-refractivity contribution in [2.75, 3.05) is 0 Å². The molecule has 184 valence electrons. The molecule has 35 heavy (non-hydrogen) atoms. The average molecular weight is 500 g/mol. The van der Waals surface area contributed by atoms with E-state index >= 15 is 0 Å². The predicted molar refractivity (Wildman–Crippen MR) is 128 cm³/mol. The molecule has 1 fully saturated rings. The van der Waals surface area contributed by atoms with Gasteiger partial charge < -0.3 is 15.0 Å². The summed E-state index contributed by atoms with van der Waals surface area (Å²) in [5.41, 5.74) is 4.15. The number of fused-ring (bicyclic) bond motifs is 3. The Kier molecular flexibility index (Phi) is 5.91. The zero-order valence-electron chi connectivity index (χ0n) is 20.1. The SMILES string of the molecule is Cc1nc2c3c(nn2c(C)c1Cl)CN(C(=O)c1ccc(F)cc1OC1CC(NC(=O)C(C)C)C1)C3. The third-order valence-corrected chi connectivity index (χ3v) is 7.22. The number of benzene rings is 1. The molecular formula is C25H27ClFN5O3. The number of amides is 2. The summed E-state index contributed by atoms with van der Waals surface area (Å²) in [5, 5.41) is 8.16. The first-order chi connectivity index (χ1) is 16.6. The Morgan fingerprint density at radius 2 is 1.97 bits per heavy atom. The fourth-order valence-corrected chi connectivity index (χ4v) is 4.65. The Morgan fingerprint density at radius 1 is 1.23 bits per heavy atom. The number of nitrogens with one attached hydrogen (secondary N) is 1. The van der Waals surface area contributed by atoms with Gasteiger partial charge in [-0.3, -0.25) is 9.59 Å². The number of aromatic nitrogens is 3. The monoisotopic (exact) mass is 499 g/mol. The molecule has 0 atom stereocenters. The van der Waals surface area contributed by atoms with Crippen LogP contribution < -0.4 is 10.1 Å². The minimum absolute atomic E-state index is 0.00282. The topological polar surface area (TPSA) is 88.8 Å². The third kappa shape index (κ3) is 4.22. The molecule has 1 N–H and O–H groups in total. The van der Waals surface area contributed by atoms with Crippen molar-refractivity contribution in [2.45, 2.75) is 65.8 Å². The van der Waals surface area contributed by atoms with Crippen LogP contribution in [0.5, 0.6) is 5.75 Å². The molecule has 3 aromatic rings. The van der Waals surface area contributed by atoms with E-state index in [9.17, 15) is 14.0 Å². The number of aryl methyl sites for hydroxylation is 2. The number of carbonyl (C=O) groups is 2. The molecule has 0 unspecified atom stereocenters. The number of carbonyl (C=O) groups excluding carboxylic acids is 2. The van der Waals surface area contributed by atoms with E-state index in [1.165, 1.54) is 18.2 Å². The van der Waals surface area contributed by atoms with Crippen molar-refractivity contribution in [2.24, 2.45) is 5.92 Å². The van der Waals surface area contributed by atoms with Crippen molar-refractivity contribution in [1.29, 1.82) is 0 Å². The van der Waals surface area contributed by atoms with Crippen molar-refractivity contribution in [3.63, 3.8) is 0 Å². The maximum absolute atomic E-state index is 14.1. The lowest BCUT2D eigenvalue weighted by atomic mass is 9.88. The van der Waals surface area contributed by atoms with Crippen molar-refractivity contribution < 1.29 is 18.7 Å². The van der Waals surface area contributed by atoms with Gasteiger partial charge in [0.05, 0.1) is 40.8 Å². The Bertz CT molecular complexity index is 1350. The molecule has 2 aromatic heterocycles. The average Bonchev–Trinajstić information content (AvgIpc) is 3.34. The van der Waals surface area contributed by atoms with Crippen molar-refractivity contribution in [3.05, 3.63) is 57.2 Å². The molecule has 0 saturated heterocycles. The molecule has 1 aliphatic carbocycles. The smallest absolute Gasteiger partial charge is 0.258 e. The van der Waals surface area contributed by atoms with Gasteiger partial charge in [0.1, 0.15) is 17.7 Å². The summed E-state index contributed by atoms with van der Waals surface area (Å²) in [6, 6.07) is 3.99. The number of ether oxygens (including phenoxy) is 1. The summed E-state index contributed by atoms with van der Waals surface area (Å²) in [7, 11) is 0. The standard InChI is InChI=1S/C25H27ClFN5O3/c1-12(2)24(33)29-16-8-17(9-16)35-21-7-15(27)5-6-18(21)25(34)31-10-19-20(11-31)30-32-14(4)22(26)13(3)28-23(19)32/h5-7,12,16-17H,8-11H2,1-4H3,(H,29,33). The first-order valence-electron chi connectivity index (χ1n) is 11.7. The van der Waals surface area contributed by atoms with Crippen molar-refractivity contribution >= 4 is 29.1 Å². The van der Waals surface area contributed by atoms with Gasteiger partial charge in [-0.05, 0) is 26.0 Å². The molecule has 0 radical (unpaired) electrons. The molecule has 3 heterocycles. The summed E-state index contributed by atoms with van der Waals surface area (Å²) >= 11 is 6.32. The van der Waals surface area contributed by atoms with Crippen LogP contribution in [-0.4, -0.2) is 43.5 Å². The van der Waals surface area contributed by atoms with Gasteiger partial charge in [-0.15, -0.1) is 0 Å². The van der Waals surface area contributed by atoms with Crippen molar-refractivity contribution in [1.82, 2.24) is 24.8 Å². The van der Waals surface area contributed by atoms with Crippen LogP contribution in [0.25, 0.3) is 5.65 Å². The van der Waals surface area contributed by atoms with E-state index in [1.807, 2.05) is 27.7 Å². The highest BCUT2D eigenvalue weighted by molar-refractivity contribution is 6.31. The minimum atomic E-state index is -0.477. The second kappa shape index (κ2) is 8.78. The number of hydrogen-bond acceptors (Lipinski definition) is 5. The van der Waals surface area contributed by atoms with Gasteiger partial charge in [-0.1, -0.05) is 25.4 Å². The lowest BCUT2D eigenvalue weighted by Gasteiger charge is -2.36. The van der Waals surface area contributed by atoms with Gasteiger partial charge in [0.15, 0.2) is 5.65 Å². The number of hydrogen-bond donors (Lipinski definition) is 1. The Balaban J connectivity index is 1.32. The number of rotatable bonds is 5. The zero-order chi connectivity index (χ0) is 25.0. The van der Waals surface area contributed by atoms with Crippen LogP contribution in [0.4, 0.5) is 4.39 Å². The quantitative estimate of drug-likeness (QED) is 0.573. The van der Waals surface area contributed by atoms with Gasteiger partial charge in [0.25, 0.3) is 5.91 Å². The van der Waals surface area contributed by atoms with Gasteiger partial charge in [0.2, 0.25) is 5.91 Å². The Hall–Kier alpha value is -3.20. The maximum atomic E-state index is 14.1. The largest absolute Gasteiger partial charge is 0.489 e. The lowest BCUT2D eigenvalue weighted by molar-refractivity contribution is -0.125. The number of nitrogens with zero attached hydrogens (tertiary/aromatic N) is 4. The first-order valence-corrected chi connectivity index (χ1v) is 12.1. The second-order valence-corrected chi connectivity index (χ2v) is 10.0. The Labute approximate surface area is 207 Å². The molecule has 10 heteroatoms. The van der Waals surface area contributed by atoms with Crippen LogP contribution in [0.1, 0.15) is 59.7 Å². The molecule has 0 bridgehead atoms. The zero-order valence-corrected chi connectivity index (χ0v) is 20.8. The molecule has 1 aliphatic heterocycles. The van der Waals surface area contributed by atoms with Crippen LogP contribution in [0.2, 0.25) is 5.02 Å². The van der Waals surface area contributed by atoms with E-state index in [2.05, 4.69) is 15.4 Å². The summed E-state index contributed by atoms with van der Waals surface area (Å²) in [5.74, 6) is -0.617. The van der Waals surface area contributed by atoms with Gasteiger partial charge in [-0.25, -0.2) is 13.9 Å². The Morgan fingerprint density at radius 3 is 2.69 bits per heavy atom. The first kappa shape index (κ1) is 23.5. The highest BCUT2D eigenvalue weighted by Gasteiger charge is 2.35. The van der Waals surface area contributed by atoms with Crippen LogP contribution in [-0.2, 0) is 17.9 Å². The highest BCUT2D eigenvalue weighted by Crippen LogP contribution is 2.33. The van der Waals surface area contributed by atoms with E-state index in [0.29, 0.717) is 47.9 Å². The van der Waals surface area contributed by atoms with Crippen LogP contribution >= 0.6 is 11.6 Å². The summed E-state index contributed by atoms with van der Waals surface area (Å²) in [4.78, 5) is 31.6. The van der Waals surface area contributed by atoms with E-state index in [1.54, 1.807) is 9.42 Å². The normalized spacial score (nSPS) is 19.1. The minimum Gasteiger partial charge on any atom is -0.489 e. The van der Waals surface area contributed by atoms with Gasteiger partial charge in [0, 0.05) is 36.4 Å². The fourth-order valence-electron chi connectivity index (χ4n) is 4.52. The molecule has 1 aromatic carbocycles. The number of halogens is 2. The summed E-state index contributed by atoms with van der Waals surface area (Å²) < 4.78 is 21.8. The molecular weight excluding hydrogens is 473 g/mol. The third-order valence-electron chi connectivity index (χ3n) is 6.68. The van der Waals surface area contributed by atoms with E-state index < -0.39 is 5.82 Å². The van der Waals surface area contributed by atoms with Crippen LogP contribution in [0.3, 0.4) is 0 Å². The molecule has 2 amide bonds. The molecule has 8 nitrogen and oxygen atoms in total. The molecule has 5 rings (SSSR count). The maximum Gasteiger partial charge on any atom is 0.258 e. The van der Waals surface area contributed by atoms with Crippen LogP contribution in [0.15, 0.2) is 18.2 Å². The molecule has 1 saturated carbocycles. The van der Waals surface area contributed by atoms with Crippen molar-refractivity contribution in [3.8, 4) is 5.75 Å².